The van der Waals surface area contributed by atoms with Crippen LogP contribution < -0.4 is 0 Å². The highest BCUT2D eigenvalue weighted by atomic mass is 16.6. The first-order valence-corrected chi connectivity index (χ1v) is 7.93. The van der Waals surface area contributed by atoms with Crippen molar-refractivity contribution in [3.05, 3.63) is 23.8 Å². The van der Waals surface area contributed by atoms with Crippen LogP contribution in [0.25, 0.3) is 0 Å². The Hall–Kier alpha value is -1.38. The lowest BCUT2D eigenvalue weighted by atomic mass is 9.60. The fraction of sp³-hybridized carbons (Fsp3) is 0.667. The average Bonchev–Trinajstić information content (AvgIpc) is 2.97. The highest BCUT2D eigenvalue weighted by molar-refractivity contribution is 6.00. The highest BCUT2D eigenvalue weighted by Crippen LogP contribution is 2.56. The topological polar surface area (TPSA) is 43.4 Å². The van der Waals surface area contributed by atoms with Crippen LogP contribution in [0.4, 0.5) is 0 Å². The lowest BCUT2D eigenvalue weighted by Gasteiger charge is -2.44. The first-order valence-electron chi connectivity index (χ1n) is 7.93. The Morgan fingerprint density at radius 1 is 1.24 bits per heavy atom. The van der Waals surface area contributed by atoms with Gasteiger partial charge in [0.25, 0.3) is 0 Å². The number of hydrogen-bond acceptors (Lipinski definition) is 3. The maximum absolute atomic E-state index is 12.4. The van der Waals surface area contributed by atoms with E-state index in [1.165, 1.54) is 5.57 Å². The molecule has 0 amide bonds. The van der Waals surface area contributed by atoms with Crippen LogP contribution in [-0.2, 0) is 14.3 Å². The van der Waals surface area contributed by atoms with Gasteiger partial charge in [0.2, 0.25) is 0 Å². The summed E-state index contributed by atoms with van der Waals surface area (Å²) >= 11 is 0. The van der Waals surface area contributed by atoms with Gasteiger partial charge < -0.3 is 4.74 Å². The predicted molar refractivity (Wildman–Crippen MR) is 80.6 cm³/mol. The van der Waals surface area contributed by atoms with Gasteiger partial charge in [0.1, 0.15) is 6.10 Å². The summed E-state index contributed by atoms with van der Waals surface area (Å²) in [6.07, 6.45) is 5.73. The Morgan fingerprint density at radius 3 is 2.57 bits per heavy atom. The van der Waals surface area contributed by atoms with E-state index in [4.69, 9.17) is 4.74 Å². The lowest BCUT2D eigenvalue weighted by Crippen LogP contribution is -2.43. The molecule has 1 aliphatic heterocycles. The van der Waals surface area contributed by atoms with E-state index in [-0.39, 0.29) is 23.3 Å². The number of cyclic esters (lactones) is 1. The predicted octanol–water partition coefficient (Wildman–Crippen LogP) is 3.59. The molecule has 1 fully saturated rings. The third kappa shape index (κ3) is 1.86. The second kappa shape index (κ2) is 4.56. The molecule has 1 saturated heterocycles. The normalized spacial score (nSPS) is 43.0. The summed E-state index contributed by atoms with van der Waals surface area (Å²) in [6.45, 7) is 9.98. The Morgan fingerprint density at radius 2 is 1.95 bits per heavy atom. The van der Waals surface area contributed by atoms with E-state index in [1.807, 2.05) is 6.92 Å². The van der Waals surface area contributed by atoms with Crippen LogP contribution in [0.15, 0.2) is 23.8 Å². The van der Waals surface area contributed by atoms with Gasteiger partial charge >= 0.3 is 5.97 Å². The minimum Gasteiger partial charge on any atom is -0.461 e. The number of carbonyl (C=O) groups is 2. The largest absolute Gasteiger partial charge is 0.461 e. The molecule has 3 rings (SSSR count). The molecule has 0 spiro atoms. The van der Waals surface area contributed by atoms with E-state index in [9.17, 15) is 9.59 Å². The number of ether oxygens (including phenoxy) is 1. The van der Waals surface area contributed by atoms with Gasteiger partial charge in [-0.25, -0.2) is 0 Å². The lowest BCUT2D eigenvalue weighted by molar-refractivity contribution is -0.151. The van der Waals surface area contributed by atoms with Crippen LogP contribution in [0.1, 0.15) is 52.9 Å². The minimum absolute atomic E-state index is 0.200. The van der Waals surface area contributed by atoms with Crippen molar-refractivity contribution in [2.24, 2.45) is 16.7 Å². The minimum atomic E-state index is -0.618. The monoisotopic (exact) mass is 288 g/mol. The zero-order chi connectivity index (χ0) is 15.4. The van der Waals surface area contributed by atoms with Gasteiger partial charge in [0, 0.05) is 23.8 Å². The van der Waals surface area contributed by atoms with Gasteiger partial charge in [-0.05, 0) is 32.1 Å². The number of esters is 1. The summed E-state index contributed by atoms with van der Waals surface area (Å²) < 4.78 is 5.74. The van der Waals surface area contributed by atoms with Crippen molar-refractivity contribution in [1.29, 1.82) is 0 Å². The molecule has 4 atom stereocenters. The molecular formula is C18H24O3. The SMILES string of the molecule is C=C[C@]1(C)C[C@H]([C@]2(C)C3=C(CCC3=O)CC[C@H]2C)OC1=O. The van der Waals surface area contributed by atoms with Crippen molar-refractivity contribution < 1.29 is 14.3 Å². The maximum atomic E-state index is 12.4. The molecule has 3 nitrogen and oxygen atoms in total. The number of allylic oxidation sites excluding steroid dienone is 1. The molecular weight excluding hydrogens is 264 g/mol. The van der Waals surface area contributed by atoms with Crippen molar-refractivity contribution in [2.45, 2.75) is 59.0 Å². The van der Waals surface area contributed by atoms with Crippen LogP contribution in [-0.4, -0.2) is 17.9 Å². The van der Waals surface area contributed by atoms with Crippen LogP contribution >= 0.6 is 0 Å². The summed E-state index contributed by atoms with van der Waals surface area (Å²) in [5.41, 5.74) is 1.33. The van der Waals surface area contributed by atoms with E-state index >= 15 is 0 Å². The summed E-state index contributed by atoms with van der Waals surface area (Å²) in [6, 6.07) is 0. The number of rotatable bonds is 2. The second-order valence-electron chi connectivity index (χ2n) is 7.34. The molecule has 114 valence electrons. The molecule has 3 aliphatic rings. The molecule has 3 heteroatoms. The summed E-state index contributed by atoms with van der Waals surface area (Å²) in [7, 11) is 0. The number of hydrogen-bond donors (Lipinski definition) is 0. The summed E-state index contributed by atoms with van der Waals surface area (Å²) in [5.74, 6) is 0.416. The third-order valence-corrected chi connectivity index (χ3v) is 6.17. The summed E-state index contributed by atoms with van der Waals surface area (Å²) in [5, 5.41) is 0. The average molecular weight is 288 g/mol. The molecule has 0 radical (unpaired) electrons. The van der Waals surface area contributed by atoms with E-state index < -0.39 is 5.41 Å². The van der Waals surface area contributed by atoms with Gasteiger partial charge in [-0.1, -0.05) is 25.5 Å². The van der Waals surface area contributed by atoms with Crippen molar-refractivity contribution in [2.75, 3.05) is 0 Å². The van der Waals surface area contributed by atoms with Crippen LogP contribution in [0.3, 0.4) is 0 Å². The van der Waals surface area contributed by atoms with Crippen molar-refractivity contribution in [1.82, 2.24) is 0 Å². The molecule has 0 aromatic carbocycles. The first kappa shape index (κ1) is 14.6. The van der Waals surface area contributed by atoms with Gasteiger partial charge in [-0.2, -0.15) is 0 Å². The van der Waals surface area contributed by atoms with E-state index in [0.717, 1.165) is 24.8 Å². The fourth-order valence-corrected chi connectivity index (χ4v) is 4.33. The zero-order valence-corrected chi connectivity index (χ0v) is 13.2. The van der Waals surface area contributed by atoms with Gasteiger partial charge in [0.15, 0.2) is 5.78 Å². The Bertz CT molecular complexity index is 559. The molecule has 0 aromatic heterocycles. The van der Waals surface area contributed by atoms with Crippen molar-refractivity contribution in [3.8, 4) is 0 Å². The Kier molecular flexibility index (Phi) is 3.16. The smallest absolute Gasteiger partial charge is 0.316 e. The Balaban J connectivity index is 2.03. The quantitative estimate of drug-likeness (QED) is 0.576. The van der Waals surface area contributed by atoms with E-state index in [2.05, 4.69) is 20.4 Å². The van der Waals surface area contributed by atoms with E-state index in [1.54, 1.807) is 6.08 Å². The van der Waals surface area contributed by atoms with Crippen molar-refractivity contribution >= 4 is 11.8 Å². The van der Waals surface area contributed by atoms with Crippen LogP contribution in [0.2, 0.25) is 0 Å². The van der Waals surface area contributed by atoms with Crippen LogP contribution in [0.5, 0.6) is 0 Å². The molecule has 0 saturated carbocycles. The van der Waals surface area contributed by atoms with Crippen molar-refractivity contribution in [3.63, 3.8) is 0 Å². The van der Waals surface area contributed by atoms with Gasteiger partial charge in [0.05, 0.1) is 5.41 Å². The van der Waals surface area contributed by atoms with Crippen LogP contribution in [0, 0.1) is 16.7 Å². The van der Waals surface area contributed by atoms with Gasteiger partial charge in [-0.15, -0.1) is 6.58 Å². The molecule has 21 heavy (non-hydrogen) atoms. The highest BCUT2D eigenvalue weighted by Gasteiger charge is 2.56. The Labute approximate surface area is 126 Å². The molecule has 0 N–H and O–H groups in total. The van der Waals surface area contributed by atoms with E-state index in [0.29, 0.717) is 18.8 Å². The molecule has 2 aliphatic carbocycles. The second-order valence-corrected chi connectivity index (χ2v) is 7.34. The fourth-order valence-electron chi connectivity index (χ4n) is 4.33. The summed E-state index contributed by atoms with van der Waals surface area (Å²) in [4.78, 5) is 24.6. The standard InChI is InChI=1S/C18H24O3/c1-5-17(3)10-14(21-16(17)20)18(4)11(2)6-7-12-8-9-13(19)15(12)18/h5,11,14H,1,6-10H2,2-4H3/t11-,14-,17-,18-/m1/s1. The zero-order valence-electron chi connectivity index (χ0n) is 13.2. The number of ketones is 1. The molecule has 0 bridgehead atoms. The molecule has 0 unspecified atom stereocenters. The molecule has 1 heterocycles. The van der Waals surface area contributed by atoms with Gasteiger partial charge in [-0.3, -0.25) is 9.59 Å². The maximum Gasteiger partial charge on any atom is 0.316 e. The first-order chi connectivity index (χ1) is 9.83. The number of carbonyl (C=O) groups excluding carboxylic acids is 2. The number of Topliss-reactive ketones (excluding diaryl/α,β-unsaturated/α-hetero) is 1. The molecule has 0 aromatic rings. The third-order valence-electron chi connectivity index (χ3n) is 6.17.